The van der Waals surface area contributed by atoms with Gasteiger partial charge in [0.25, 0.3) is 0 Å². The zero-order valence-corrected chi connectivity index (χ0v) is 15.6. The number of hydrogen-bond donors (Lipinski definition) is 1. The smallest absolute Gasteiger partial charge is 0.123 e. The quantitative estimate of drug-likeness (QED) is 0.602. The van der Waals surface area contributed by atoms with Crippen LogP contribution in [0, 0.1) is 0 Å². The molecule has 0 bridgehead atoms. The van der Waals surface area contributed by atoms with E-state index in [1.165, 1.54) is 11.1 Å². The largest absolute Gasteiger partial charge is 0.496 e. The molecule has 1 unspecified atom stereocenters. The summed E-state index contributed by atoms with van der Waals surface area (Å²) in [7, 11) is 1.70. The normalized spacial score (nSPS) is 11.4. The van der Waals surface area contributed by atoms with Crippen LogP contribution >= 0.6 is 24.0 Å². The minimum atomic E-state index is 0. The fraction of sp³-hybridized carbons (Fsp3) is 0.143. The molecule has 0 amide bonds. The number of halogens is 2. The van der Waals surface area contributed by atoms with E-state index in [0.29, 0.717) is 6.54 Å². The number of hydrogen-bond acceptors (Lipinski definition) is 2. The van der Waals surface area contributed by atoms with Gasteiger partial charge in [-0.3, -0.25) is 0 Å². The zero-order valence-electron chi connectivity index (χ0n) is 14.0. The van der Waals surface area contributed by atoms with Crippen LogP contribution in [0.2, 0.25) is 5.02 Å². The number of para-hydroxylation sites is 1. The molecular formula is C21H21Cl2NO. The van der Waals surface area contributed by atoms with Crippen molar-refractivity contribution in [3.63, 3.8) is 0 Å². The van der Waals surface area contributed by atoms with Gasteiger partial charge in [-0.05, 0) is 29.3 Å². The standard InChI is InChI=1S/C21H20ClNO.ClH/c1-24-20-10-6-5-9-18(20)15-23-21(16-7-3-2-4-8-16)17-11-13-19(22)14-12-17;/h2-14,21,23H,15H2,1H3;1H. The molecule has 25 heavy (non-hydrogen) atoms. The highest BCUT2D eigenvalue weighted by molar-refractivity contribution is 6.30. The van der Waals surface area contributed by atoms with Crippen molar-refractivity contribution >= 4 is 24.0 Å². The maximum Gasteiger partial charge on any atom is 0.123 e. The van der Waals surface area contributed by atoms with Crippen LogP contribution < -0.4 is 10.1 Å². The maximum absolute atomic E-state index is 6.04. The highest BCUT2D eigenvalue weighted by Gasteiger charge is 2.14. The predicted octanol–water partition coefficient (Wildman–Crippen LogP) is 5.65. The summed E-state index contributed by atoms with van der Waals surface area (Å²) in [6, 6.07) is 26.6. The van der Waals surface area contributed by atoms with Crippen molar-refractivity contribution in [3.05, 3.63) is 101 Å². The van der Waals surface area contributed by atoms with E-state index in [9.17, 15) is 0 Å². The third-order valence-corrected chi connectivity index (χ3v) is 4.28. The first kappa shape index (κ1) is 19.3. The summed E-state index contributed by atoms with van der Waals surface area (Å²) in [5.74, 6) is 0.896. The summed E-state index contributed by atoms with van der Waals surface area (Å²) in [6.45, 7) is 0.714. The van der Waals surface area contributed by atoms with Crippen molar-refractivity contribution in [3.8, 4) is 5.75 Å². The van der Waals surface area contributed by atoms with Crippen molar-refractivity contribution < 1.29 is 4.74 Å². The van der Waals surface area contributed by atoms with Gasteiger partial charge < -0.3 is 10.1 Å². The molecule has 1 atom stereocenters. The number of nitrogens with one attached hydrogen (secondary N) is 1. The molecule has 3 aromatic carbocycles. The SMILES string of the molecule is COc1ccccc1CNC(c1ccccc1)c1ccc(Cl)cc1.Cl. The molecule has 3 rings (SSSR count). The summed E-state index contributed by atoms with van der Waals surface area (Å²) >= 11 is 6.04. The van der Waals surface area contributed by atoms with Crippen LogP contribution in [0.4, 0.5) is 0 Å². The van der Waals surface area contributed by atoms with Gasteiger partial charge in [0.1, 0.15) is 5.75 Å². The summed E-state index contributed by atoms with van der Waals surface area (Å²) in [5.41, 5.74) is 3.53. The average Bonchev–Trinajstić information content (AvgIpc) is 2.64. The monoisotopic (exact) mass is 373 g/mol. The lowest BCUT2D eigenvalue weighted by Gasteiger charge is -2.21. The molecule has 1 N–H and O–H groups in total. The lowest BCUT2D eigenvalue weighted by atomic mass is 9.98. The van der Waals surface area contributed by atoms with Crippen LogP contribution in [0.25, 0.3) is 0 Å². The Hall–Kier alpha value is -2.00. The van der Waals surface area contributed by atoms with Gasteiger partial charge in [0, 0.05) is 17.1 Å². The number of rotatable bonds is 6. The molecule has 4 heteroatoms. The second-order valence-corrected chi connectivity index (χ2v) is 6.02. The molecule has 0 aliphatic carbocycles. The molecule has 0 fully saturated rings. The lowest BCUT2D eigenvalue weighted by Crippen LogP contribution is -2.22. The van der Waals surface area contributed by atoms with Crippen LogP contribution in [0.5, 0.6) is 5.75 Å². The molecule has 0 aliphatic heterocycles. The molecule has 0 heterocycles. The van der Waals surface area contributed by atoms with Gasteiger partial charge in [0.05, 0.1) is 13.2 Å². The van der Waals surface area contributed by atoms with Crippen molar-refractivity contribution in [2.75, 3.05) is 7.11 Å². The van der Waals surface area contributed by atoms with E-state index in [1.54, 1.807) is 7.11 Å². The minimum Gasteiger partial charge on any atom is -0.496 e. The van der Waals surface area contributed by atoms with Crippen LogP contribution in [0.15, 0.2) is 78.9 Å². The van der Waals surface area contributed by atoms with E-state index in [-0.39, 0.29) is 18.4 Å². The Labute approximate surface area is 160 Å². The van der Waals surface area contributed by atoms with Crippen molar-refractivity contribution in [2.24, 2.45) is 0 Å². The molecule has 130 valence electrons. The van der Waals surface area contributed by atoms with Gasteiger partial charge in [-0.1, -0.05) is 72.3 Å². The number of benzene rings is 3. The summed E-state index contributed by atoms with van der Waals surface area (Å²) in [6.07, 6.45) is 0. The molecule has 2 nitrogen and oxygen atoms in total. The molecular weight excluding hydrogens is 353 g/mol. The van der Waals surface area contributed by atoms with Gasteiger partial charge in [0.2, 0.25) is 0 Å². The first-order valence-electron chi connectivity index (χ1n) is 7.93. The Bertz CT molecular complexity index is 775. The number of ether oxygens (including phenoxy) is 1. The molecule has 0 aliphatic rings. The molecule has 0 aromatic heterocycles. The van der Waals surface area contributed by atoms with Crippen LogP contribution in [0.1, 0.15) is 22.7 Å². The Morgan fingerprint density at radius 3 is 2.12 bits per heavy atom. The molecule has 0 spiro atoms. The van der Waals surface area contributed by atoms with Gasteiger partial charge in [-0.2, -0.15) is 0 Å². The fourth-order valence-electron chi connectivity index (χ4n) is 2.79. The third-order valence-electron chi connectivity index (χ3n) is 4.03. The van der Waals surface area contributed by atoms with E-state index in [2.05, 4.69) is 47.8 Å². The first-order valence-corrected chi connectivity index (χ1v) is 8.31. The third kappa shape index (κ3) is 4.99. The average molecular weight is 374 g/mol. The van der Waals surface area contributed by atoms with Crippen LogP contribution in [0.3, 0.4) is 0 Å². The molecule has 0 radical (unpaired) electrons. The van der Waals surface area contributed by atoms with E-state index in [1.807, 2.05) is 36.4 Å². The van der Waals surface area contributed by atoms with Crippen molar-refractivity contribution in [1.82, 2.24) is 5.32 Å². The Kier molecular flexibility index (Phi) is 7.32. The van der Waals surface area contributed by atoms with Crippen molar-refractivity contribution in [1.29, 1.82) is 0 Å². The molecule has 0 saturated heterocycles. The predicted molar refractivity (Wildman–Crippen MR) is 107 cm³/mol. The van der Waals surface area contributed by atoms with Crippen molar-refractivity contribution in [2.45, 2.75) is 12.6 Å². The van der Waals surface area contributed by atoms with Gasteiger partial charge in [0.15, 0.2) is 0 Å². The second kappa shape index (κ2) is 9.47. The lowest BCUT2D eigenvalue weighted by molar-refractivity contribution is 0.406. The Balaban J connectivity index is 0.00000225. The maximum atomic E-state index is 6.04. The molecule has 0 saturated carbocycles. The first-order chi connectivity index (χ1) is 11.8. The summed E-state index contributed by atoms with van der Waals surface area (Å²) < 4.78 is 5.45. The van der Waals surface area contributed by atoms with Gasteiger partial charge in [-0.15, -0.1) is 12.4 Å². The Morgan fingerprint density at radius 1 is 0.840 bits per heavy atom. The highest BCUT2D eigenvalue weighted by atomic mass is 35.5. The van der Waals surface area contributed by atoms with Gasteiger partial charge in [-0.25, -0.2) is 0 Å². The topological polar surface area (TPSA) is 21.3 Å². The zero-order chi connectivity index (χ0) is 16.8. The Morgan fingerprint density at radius 2 is 1.44 bits per heavy atom. The van der Waals surface area contributed by atoms with E-state index < -0.39 is 0 Å². The minimum absolute atomic E-state index is 0. The second-order valence-electron chi connectivity index (χ2n) is 5.59. The summed E-state index contributed by atoms with van der Waals surface area (Å²) in [4.78, 5) is 0. The highest BCUT2D eigenvalue weighted by Crippen LogP contribution is 2.25. The molecule has 3 aromatic rings. The van der Waals surface area contributed by atoms with Gasteiger partial charge >= 0.3 is 0 Å². The van der Waals surface area contributed by atoms with E-state index in [0.717, 1.165) is 16.3 Å². The van der Waals surface area contributed by atoms with Crippen LogP contribution in [-0.4, -0.2) is 7.11 Å². The summed E-state index contributed by atoms with van der Waals surface area (Å²) in [5, 5.41) is 4.39. The van der Waals surface area contributed by atoms with E-state index >= 15 is 0 Å². The number of methoxy groups -OCH3 is 1. The van der Waals surface area contributed by atoms with E-state index in [4.69, 9.17) is 16.3 Å². The fourth-order valence-corrected chi connectivity index (χ4v) is 2.92. The van der Waals surface area contributed by atoms with Crippen LogP contribution in [-0.2, 0) is 6.54 Å².